The monoisotopic (exact) mass is 390 g/mol. The van der Waals surface area contributed by atoms with E-state index in [4.69, 9.17) is 0 Å². The summed E-state index contributed by atoms with van der Waals surface area (Å²) >= 11 is 0. The molecule has 1 aliphatic heterocycles. The molecule has 0 amide bonds. The minimum absolute atomic E-state index is 0.0920. The van der Waals surface area contributed by atoms with Gasteiger partial charge in [-0.25, -0.2) is 18.1 Å². The van der Waals surface area contributed by atoms with E-state index in [1.54, 1.807) is 10.8 Å². The Labute approximate surface area is 160 Å². The van der Waals surface area contributed by atoms with Crippen LogP contribution in [0.3, 0.4) is 0 Å². The van der Waals surface area contributed by atoms with E-state index in [1.165, 1.54) is 5.56 Å². The van der Waals surface area contributed by atoms with Crippen LogP contribution in [0.4, 0.5) is 5.82 Å². The maximum atomic E-state index is 12.5. The smallest absolute Gasteiger partial charge is 0.259 e. The lowest BCUT2D eigenvalue weighted by Crippen LogP contribution is -2.52. The van der Waals surface area contributed by atoms with Crippen molar-refractivity contribution in [1.82, 2.24) is 24.5 Å². The molecule has 0 radical (unpaired) electrons. The largest absolute Gasteiger partial charge is 0.354 e. The number of nitrogens with zero attached hydrogens (tertiary/aromatic N) is 5. The van der Waals surface area contributed by atoms with Gasteiger partial charge in [-0.15, -0.1) is 5.10 Å². The van der Waals surface area contributed by atoms with Gasteiger partial charge in [0.15, 0.2) is 10.8 Å². The molecule has 146 valence electrons. The fourth-order valence-electron chi connectivity index (χ4n) is 3.78. The molecular formula is C18H26N6O2S. The highest BCUT2D eigenvalue weighted by Gasteiger charge is 2.31. The number of imidazole rings is 1. The summed E-state index contributed by atoms with van der Waals surface area (Å²) in [5.74, 6) is 2.11. The number of fused-ring (bicyclic) bond motifs is 1. The van der Waals surface area contributed by atoms with E-state index in [2.05, 4.69) is 30.9 Å². The predicted molar refractivity (Wildman–Crippen MR) is 102 cm³/mol. The molecule has 1 fully saturated rings. The van der Waals surface area contributed by atoms with Crippen LogP contribution in [0.2, 0.25) is 0 Å². The van der Waals surface area contributed by atoms with Crippen LogP contribution in [-0.4, -0.2) is 47.8 Å². The molecule has 8 nitrogen and oxygen atoms in total. The fourth-order valence-corrected chi connectivity index (χ4v) is 4.89. The minimum Gasteiger partial charge on any atom is -0.354 e. The number of aromatic nitrogens is 4. The SMILES string of the molecule is CC(C)c1nc(S(=O)(=O)NCC2CN(c3cc4c(nn3)CCC4)C2)cn1C. The molecule has 1 saturated heterocycles. The lowest BCUT2D eigenvalue weighted by Gasteiger charge is -2.40. The fraction of sp³-hybridized carbons (Fsp3) is 0.611. The van der Waals surface area contributed by atoms with Crippen molar-refractivity contribution in [2.75, 3.05) is 24.5 Å². The Morgan fingerprint density at radius 1 is 1.26 bits per heavy atom. The molecule has 2 aliphatic rings. The van der Waals surface area contributed by atoms with E-state index < -0.39 is 10.0 Å². The molecule has 0 bridgehead atoms. The van der Waals surface area contributed by atoms with Crippen molar-refractivity contribution in [2.45, 2.75) is 44.1 Å². The van der Waals surface area contributed by atoms with Gasteiger partial charge in [-0.2, -0.15) is 5.10 Å². The van der Waals surface area contributed by atoms with Crippen LogP contribution in [0.1, 0.15) is 43.3 Å². The van der Waals surface area contributed by atoms with Gasteiger partial charge in [-0.1, -0.05) is 13.8 Å². The molecule has 0 spiro atoms. The first-order valence-corrected chi connectivity index (χ1v) is 10.9. The lowest BCUT2D eigenvalue weighted by atomic mass is 10.0. The second-order valence-electron chi connectivity index (χ2n) is 7.85. The lowest BCUT2D eigenvalue weighted by molar-refractivity contribution is 0.402. The van der Waals surface area contributed by atoms with Crippen molar-refractivity contribution in [3.63, 3.8) is 0 Å². The summed E-state index contributed by atoms with van der Waals surface area (Å²) in [6, 6.07) is 2.14. The third-order valence-electron chi connectivity index (χ3n) is 5.33. The Kier molecular flexibility index (Phi) is 4.67. The predicted octanol–water partition coefficient (Wildman–Crippen LogP) is 1.24. The summed E-state index contributed by atoms with van der Waals surface area (Å²) in [6.07, 6.45) is 4.84. The van der Waals surface area contributed by atoms with E-state index in [0.717, 1.165) is 49.7 Å². The molecule has 2 aromatic rings. The Bertz CT molecular complexity index is 947. The second-order valence-corrected chi connectivity index (χ2v) is 9.57. The maximum absolute atomic E-state index is 12.5. The summed E-state index contributed by atoms with van der Waals surface area (Å²) in [5.41, 5.74) is 2.43. The number of sulfonamides is 1. The standard InChI is InChI=1S/C18H26N6O2S/c1-12(2)18-20-17(11-23(18)3)27(25,26)19-8-13-9-24(10-13)16-7-14-5-4-6-15(14)21-22-16/h7,11-13,19H,4-6,8-10H2,1-3H3. The van der Waals surface area contributed by atoms with Crippen LogP contribution in [0.15, 0.2) is 17.3 Å². The summed E-state index contributed by atoms with van der Waals surface area (Å²) in [7, 11) is -1.76. The summed E-state index contributed by atoms with van der Waals surface area (Å²) in [4.78, 5) is 6.44. The summed E-state index contributed by atoms with van der Waals surface area (Å²) in [5, 5.41) is 8.73. The number of hydrogen-bond donors (Lipinski definition) is 1. The van der Waals surface area contributed by atoms with Gasteiger partial charge in [-0.3, -0.25) is 0 Å². The first-order chi connectivity index (χ1) is 12.8. The molecule has 0 saturated carbocycles. The maximum Gasteiger partial charge on any atom is 0.259 e. The quantitative estimate of drug-likeness (QED) is 0.798. The van der Waals surface area contributed by atoms with Crippen LogP contribution in [0.5, 0.6) is 0 Å². The van der Waals surface area contributed by atoms with Crippen molar-refractivity contribution < 1.29 is 8.42 Å². The normalized spacial score (nSPS) is 17.4. The molecule has 0 aromatic carbocycles. The highest BCUT2D eigenvalue weighted by Crippen LogP contribution is 2.27. The van der Waals surface area contributed by atoms with Crippen molar-refractivity contribution >= 4 is 15.8 Å². The molecule has 3 heterocycles. The zero-order valence-electron chi connectivity index (χ0n) is 16.0. The molecule has 0 unspecified atom stereocenters. The Morgan fingerprint density at radius 3 is 2.74 bits per heavy atom. The summed E-state index contributed by atoms with van der Waals surface area (Å²) in [6.45, 7) is 5.98. The first-order valence-electron chi connectivity index (χ1n) is 9.47. The number of anilines is 1. The molecule has 2 aromatic heterocycles. The Balaban J connectivity index is 1.33. The molecule has 0 atom stereocenters. The average Bonchev–Trinajstić information content (AvgIpc) is 3.19. The molecular weight excluding hydrogens is 364 g/mol. The van der Waals surface area contributed by atoms with E-state index >= 15 is 0 Å². The van der Waals surface area contributed by atoms with Gasteiger partial charge in [0.2, 0.25) is 0 Å². The van der Waals surface area contributed by atoms with Gasteiger partial charge in [0.05, 0.1) is 5.69 Å². The van der Waals surface area contributed by atoms with Crippen LogP contribution < -0.4 is 9.62 Å². The van der Waals surface area contributed by atoms with Crippen LogP contribution >= 0.6 is 0 Å². The number of nitrogens with one attached hydrogen (secondary N) is 1. The van der Waals surface area contributed by atoms with Crippen molar-refractivity contribution in [2.24, 2.45) is 13.0 Å². The van der Waals surface area contributed by atoms with Gasteiger partial charge >= 0.3 is 0 Å². The zero-order chi connectivity index (χ0) is 19.2. The van der Waals surface area contributed by atoms with E-state index in [1.807, 2.05) is 20.9 Å². The van der Waals surface area contributed by atoms with Crippen LogP contribution in [-0.2, 0) is 29.9 Å². The zero-order valence-corrected chi connectivity index (χ0v) is 16.8. The van der Waals surface area contributed by atoms with Crippen molar-refractivity contribution in [3.05, 3.63) is 29.3 Å². The highest BCUT2D eigenvalue weighted by atomic mass is 32.2. The van der Waals surface area contributed by atoms with E-state index in [-0.39, 0.29) is 16.9 Å². The molecule has 27 heavy (non-hydrogen) atoms. The van der Waals surface area contributed by atoms with Crippen molar-refractivity contribution in [1.29, 1.82) is 0 Å². The highest BCUT2D eigenvalue weighted by molar-refractivity contribution is 7.89. The Hall–Kier alpha value is -2.00. The third kappa shape index (κ3) is 3.58. The van der Waals surface area contributed by atoms with Crippen LogP contribution in [0.25, 0.3) is 0 Å². The van der Waals surface area contributed by atoms with Gasteiger partial charge < -0.3 is 9.47 Å². The average molecular weight is 391 g/mol. The van der Waals surface area contributed by atoms with E-state index in [0.29, 0.717) is 6.54 Å². The number of aryl methyl sites for hydroxylation is 3. The molecule has 4 rings (SSSR count). The van der Waals surface area contributed by atoms with E-state index in [9.17, 15) is 8.42 Å². The topological polar surface area (TPSA) is 93.0 Å². The molecule has 1 N–H and O–H groups in total. The molecule has 9 heteroatoms. The third-order valence-corrected chi connectivity index (χ3v) is 6.63. The van der Waals surface area contributed by atoms with Gasteiger partial charge in [0.25, 0.3) is 10.0 Å². The second kappa shape index (κ2) is 6.87. The number of hydrogen-bond acceptors (Lipinski definition) is 6. The van der Waals surface area contributed by atoms with Crippen LogP contribution in [0, 0.1) is 5.92 Å². The summed E-state index contributed by atoms with van der Waals surface area (Å²) < 4.78 is 29.5. The molecule has 1 aliphatic carbocycles. The van der Waals surface area contributed by atoms with Gasteiger partial charge in [-0.05, 0) is 30.9 Å². The van der Waals surface area contributed by atoms with Gasteiger partial charge in [0, 0.05) is 44.7 Å². The minimum atomic E-state index is -3.59. The first kappa shape index (κ1) is 18.4. The van der Waals surface area contributed by atoms with Gasteiger partial charge in [0.1, 0.15) is 5.82 Å². The number of rotatable bonds is 6. The Morgan fingerprint density at radius 2 is 2.04 bits per heavy atom. The van der Waals surface area contributed by atoms with Crippen molar-refractivity contribution in [3.8, 4) is 0 Å².